The Hall–Kier alpha value is -2.64. The van der Waals surface area contributed by atoms with Gasteiger partial charge in [-0.25, -0.2) is 4.98 Å². The third kappa shape index (κ3) is 3.17. The van der Waals surface area contributed by atoms with Gasteiger partial charge < -0.3 is 19.7 Å². The molecular formula is C16H21N5O3. The quantitative estimate of drug-likeness (QED) is 0.891. The highest BCUT2D eigenvalue weighted by molar-refractivity contribution is 6.03. The topological polar surface area (TPSA) is 102 Å². The SMILES string of the molecule is Cc1cc(NC(=O)c2nc(C(=O)NC(C)C)c3n2CCCC3)no1. The van der Waals surface area contributed by atoms with E-state index in [4.69, 9.17) is 4.52 Å². The number of fused-ring (bicyclic) bond motifs is 1. The predicted octanol–water partition coefficient (Wildman–Crippen LogP) is 1.91. The molecule has 0 spiro atoms. The lowest BCUT2D eigenvalue weighted by atomic mass is 10.1. The first-order valence-corrected chi connectivity index (χ1v) is 8.10. The molecule has 0 radical (unpaired) electrons. The molecule has 3 heterocycles. The number of carbonyl (C=O) groups excluding carboxylic acids is 2. The van der Waals surface area contributed by atoms with E-state index >= 15 is 0 Å². The van der Waals surface area contributed by atoms with Gasteiger partial charge in [0.05, 0.1) is 5.69 Å². The van der Waals surface area contributed by atoms with Crippen LogP contribution in [-0.4, -0.2) is 32.6 Å². The Balaban J connectivity index is 1.91. The summed E-state index contributed by atoms with van der Waals surface area (Å²) in [5.74, 6) is 0.535. The monoisotopic (exact) mass is 331 g/mol. The lowest BCUT2D eigenvalue weighted by Crippen LogP contribution is -2.31. The summed E-state index contributed by atoms with van der Waals surface area (Å²) >= 11 is 0. The third-order valence-electron chi connectivity index (χ3n) is 3.83. The summed E-state index contributed by atoms with van der Waals surface area (Å²) in [4.78, 5) is 29.3. The van der Waals surface area contributed by atoms with Crippen molar-refractivity contribution in [3.05, 3.63) is 29.0 Å². The van der Waals surface area contributed by atoms with Crippen molar-refractivity contribution in [2.24, 2.45) is 0 Å². The Bertz CT molecular complexity index is 775. The van der Waals surface area contributed by atoms with E-state index in [1.165, 1.54) is 0 Å². The number of hydrogen-bond donors (Lipinski definition) is 2. The van der Waals surface area contributed by atoms with E-state index < -0.39 is 5.91 Å². The molecule has 0 unspecified atom stereocenters. The molecule has 1 aliphatic rings. The number of aryl methyl sites for hydroxylation is 1. The second-order valence-corrected chi connectivity index (χ2v) is 6.24. The van der Waals surface area contributed by atoms with Crippen molar-refractivity contribution in [3.8, 4) is 0 Å². The Labute approximate surface area is 139 Å². The molecule has 0 atom stereocenters. The van der Waals surface area contributed by atoms with Crippen molar-refractivity contribution in [2.75, 3.05) is 5.32 Å². The molecule has 0 saturated heterocycles. The minimum absolute atomic E-state index is 0.00817. The molecule has 2 aromatic heterocycles. The van der Waals surface area contributed by atoms with Crippen LogP contribution in [-0.2, 0) is 13.0 Å². The number of nitrogens with zero attached hydrogens (tertiary/aromatic N) is 3. The van der Waals surface area contributed by atoms with E-state index in [2.05, 4.69) is 20.8 Å². The molecule has 8 nitrogen and oxygen atoms in total. The molecule has 0 aliphatic carbocycles. The van der Waals surface area contributed by atoms with E-state index in [0.717, 1.165) is 25.0 Å². The number of rotatable bonds is 4. The maximum atomic E-state index is 12.5. The standard InChI is InChI=1S/C16H21N5O3/c1-9(2)17-15(22)13-11-6-4-5-7-21(11)14(19-13)16(23)18-12-8-10(3)24-20-12/h8-9H,4-7H2,1-3H3,(H,17,22)(H,18,20,23). The zero-order valence-electron chi connectivity index (χ0n) is 14.0. The van der Waals surface area contributed by atoms with Crippen LogP contribution in [0.2, 0.25) is 0 Å². The number of anilines is 1. The van der Waals surface area contributed by atoms with Gasteiger partial charge in [-0.3, -0.25) is 9.59 Å². The second kappa shape index (κ2) is 6.46. The summed E-state index contributed by atoms with van der Waals surface area (Å²) in [6, 6.07) is 1.64. The second-order valence-electron chi connectivity index (χ2n) is 6.24. The van der Waals surface area contributed by atoms with E-state index in [-0.39, 0.29) is 17.8 Å². The van der Waals surface area contributed by atoms with E-state index in [0.29, 0.717) is 23.8 Å². The molecule has 8 heteroatoms. The number of carbonyl (C=O) groups is 2. The minimum atomic E-state index is -0.393. The Morgan fingerprint density at radius 3 is 2.75 bits per heavy atom. The van der Waals surface area contributed by atoms with Gasteiger partial charge in [-0.15, -0.1) is 0 Å². The maximum absolute atomic E-state index is 12.5. The van der Waals surface area contributed by atoms with Crippen LogP contribution >= 0.6 is 0 Å². The summed E-state index contributed by atoms with van der Waals surface area (Å²) in [6.07, 6.45) is 2.68. The molecule has 0 fully saturated rings. The number of nitrogens with one attached hydrogen (secondary N) is 2. The van der Waals surface area contributed by atoms with Crippen LogP contribution in [0.5, 0.6) is 0 Å². The number of amides is 2. The normalized spacial score (nSPS) is 13.7. The fraction of sp³-hybridized carbons (Fsp3) is 0.500. The van der Waals surface area contributed by atoms with Crippen LogP contribution in [0.15, 0.2) is 10.6 Å². The first kappa shape index (κ1) is 16.2. The molecule has 0 bridgehead atoms. The Morgan fingerprint density at radius 1 is 1.29 bits per heavy atom. The first-order chi connectivity index (χ1) is 11.5. The lowest BCUT2D eigenvalue weighted by molar-refractivity contribution is 0.0937. The fourth-order valence-electron chi connectivity index (χ4n) is 2.83. The minimum Gasteiger partial charge on any atom is -0.360 e. The van der Waals surface area contributed by atoms with Crippen molar-refractivity contribution in [1.82, 2.24) is 20.0 Å². The number of hydrogen-bond acceptors (Lipinski definition) is 5. The van der Waals surface area contributed by atoms with Gasteiger partial charge in [0.15, 0.2) is 11.6 Å². The highest BCUT2D eigenvalue weighted by atomic mass is 16.5. The average molecular weight is 331 g/mol. The summed E-state index contributed by atoms with van der Waals surface area (Å²) in [6.45, 7) is 6.20. The molecule has 1 aliphatic heterocycles. The van der Waals surface area contributed by atoms with Gasteiger partial charge in [0.1, 0.15) is 11.5 Å². The first-order valence-electron chi connectivity index (χ1n) is 8.10. The van der Waals surface area contributed by atoms with Crippen molar-refractivity contribution >= 4 is 17.6 Å². The van der Waals surface area contributed by atoms with E-state index in [1.54, 1.807) is 13.0 Å². The molecular weight excluding hydrogens is 310 g/mol. The summed E-state index contributed by atoms with van der Waals surface area (Å²) < 4.78 is 6.78. The van der Waals surface area contributed by atoms with Crippen LogP contribution in [0.3, 0.4) is 0 Å². The average Bonchev–Trinajstić information content (AvgIpc) is 3.10. The molecule has 2 amide bonds. The van der Waals surface area contributed by atoms with Crippen molar-refractivity contribution in [1.29, 1.82) is 0 Å². The number of aromatic nitrogens is 3. The van der Waals surface area contributed by atoms with E-state index in [1.807, 2.05) is 18.4 Å². The van der Waals surface area contributed by atoms with Gasteiger partial charge in [0.25, 0.3) is 11.8 Å². The van der Waals surface area contributed by atoms with Crippen LogP contribution in [0.25, 0.3) is 0 Å². The van der Waals surface area contributed by atoms with Gasteiger partial charge in [-0.2, -0.15) is 0 Å². The summed E-state index contributed by atoms with van der Waals surface area (Å²) in [5.41, 5.74) is 1.16. The van der Waals surface area contributed by atoms with Gasteiger partial charge in [0.2, 0.25) is 0 Å². The molecule has 2 aromatic rings. The van der Waals surface area contributed by atoms with Crippen LogP contribution < -0.4 is 10.6 Å². The maximum Gasteiger partial charge on any atom is 0.292 e. The summed E-state index contributed by atoms with van der Waals surface area (Å²) in [5, 5.41) is 9.26. The fourth-order valence-corrected chi connectivity index (χ4v) is 2.83. The molecule has 128 valence electrons. The third-order valence-corrected chi connectivity index (χ3v) is 3.83. The van der Waals surface area contributed by atoms with Crippen molar-refractivity contribution < 1.29 is 14.1 Å². The predicted molar refractivity (Wildman–Crippen MR) is 87.0 cm³/mol. The van der Waals surface area contributed by atoms with Gasteiger partial charge in [-0.05, 0) is 40.0 Å². The zero-order valence-corrected chi connectivity index (χ0v) is 14.0. The van der Waals surface area contributed by atoms with Gasteiger partial charge in [0, 0.05) is 18.7 Å². The Kier molecular flexibility index (Phi) is 4.37. The van der Waals surface area contributed by atoms with E-state index in [9.17, 15) is 9.59 Å². The van der Waals surface area contributed by atoms with Crippen LogP contribution in [0.1, 0.15) is 59.3 Å². The lowest BCUT2D eigenvalue weighted by Gasteiger charge is -2.17. The van der Waals surface area contributed by atoms with Crippen molar-refractivity contribution in [2.45, 2.75) is 52.6 Å². The van der Waals surface area contributed by atoms with Gasteiger partial charge in [-0.1, -0.05) is 5.16 Å². The molecule has 0 saturated carbocycles. The molecule has 3 rings (SSSR count). The van der Waals surface area contributed by atoms with Crippen LogP contribution in [0.4, 0.5) is 5.82 Å². The highest BCUT2D eigenvalue weighted by Crippen LogP contribution is 2.22. The zero-order chi connectivity index (χ0) is 17.3. The largest absolute Gasteiger partial charge is 0.360 e. The summed E-state index contributed by atoms with van der Waals surface area (Å²) in [7, 11) is 0. The Morgan fingerprint density at radius 2 is 2.08 bits per heavy atom. The molecule has 2 N–H and O–H groups in total. The smallest absolute Gasteiger partial charge is 0.292 e. The molecule has 0 aromatic carbocycles. The van der Waals surface area contributed by atoms with Gasteiger partial charge >= 0.3 is 0 Å². The number of imidazole rings is 1. The van der Waals surface area contributed by atoms with Crippen molar-refractivity contribution in [3.63, 3.8) is 0 Å². The van der Waals surface area contributed by atoms with Crippen LogP contribution in [0, 0.1) is 6.92 Å². The highest BCUT2D eigenvalue weighted by Gasteiger charge is 2.28. The molecule has 24 heavy (non-hydrogen) atoms.